The summed E-state index contributed by atoms with van der Waals surface area (Å²) in [5.41, 5.74) is 6.71. The van der Waals surface area contributed by atoms with Gasteiger partial charge in [-0.1, -0.05) is 25.3 Å². The molecule has 116 valence electrons. The predicted octanol–water partition coefficient (Wildman–Crippen LogP) is 1.80. The van der Waals surface area contributed by atoms with Crippen LogP contribution in [-0.2, 0) is 14.6 Å². The van der Waals surface area contributed by atoms with E-state index in [-0.39, 0.29) is 16.6 Å². The zero-order valence-corrected chi connectivity index (χ0v) is 13.1. The summed E-state index contributed by atoms with van der Waals surface area (Å²) in [4.78, 5) is 12.0. The number of carbonyl (C=O) groups excluding carboxylic acids is 1. The van der Waals surface area contributed by atoms with E-state index < -0.39 is 21.5 Å². The van der Waals surface area contributed by atoms with Crippen molar-refractivity contribution in [2.45, 2.75) is 50.0 Å². The smallest absolute Gasteiger partial charge is 0.235 e. The van der Waals surface area contributed by atoms with Crippen molar-refractivity contribution in [3.8, 4) is 0 Å². The van der Waals surface area contributed by atoms with Gasteiger partial charge in [0.05, 0.1) is 10.6 Å². The van der Waals surface area contributed by atoms with Gasteiger partial charge in [-0.05, 0) is 37.5 Å². The fourth-order valence-electron chi connectivity index (χ4n) is 2.68. The molecule has 2 rings (SSSR count). The van der Waals surface area contributed by atoms with Crippen LogP contribution in [0.25, 0.3) is 0 Å². The zero-order chi connectivity index (χ0) is 15.5. The number of hydrogen-bond donors (Lipinski definition) is 2. The average molecular weight is 310 g/mol. The van der Waals surface area contributed by atoms with Gasteiger partial charge in [0.2, 0.25) is 5.91 Å². The lowest BCUT2D eigenvalue weighted by atomic mass is 9.95. The molecule has 6 heteroatoms. The normalized spacial score (nSPS) is 16.6. The van der Waals surface area contributed by atoms with Crippen molar-refractivity contribution in [1.29, 1.82) is 0 Å². The van der Waals surface area contributed by atoms with Gasteiger partial charge in [-0.25, -0.2) is 8.42 Å². The molecule has 0 aliphatic heterocycles. The highest BCUT2D eigenvalue weighted by Crippen LogP contribution is 2.21. The number of sulfone groups is 1. The lowest BCUT2D eigenvalue weighted by Gasteiger charge is -2.22. The SMILES string of the molecule is Cc1ccc(N)c(S(=O)(=O)CC(=O)NC2CCCCC2)c1. The van der Waals surface area contributed by atoms with Crippen LogP contribution in [0.1, 0.15) is 37.7 Å². The molecule has 0 radical (unpaired) electrons. The summed E-state index contributed by atoms with van der Waals surface area (Å²) in [7, 11) is -3.70. The van der Waals surface area contributed by atoms with Crippen molar-refractivity contribution >= 4 is 21.4 Å². The molecule has 1 aliphatic rings. The maximum absolute atomic E-state index is 12.3. The summed E-state index contributed by atoms with van der Waals surface area (Å²) in [6.07, 6.45) is 5.21. The zero-order valence-electron chi connectivity index (χ0n) is 12.3. The molecule has 1 amide bonds. The lowest BCUT2D eigenvalue weighted by molar-refractivity contribution is -0.119. The Kier molecular flexibility index (Phi) is 4.88. The number of amides is 1. The molecule has 1 aromatic rings. The summed E-state index contributed by atoms with van der Waals surface area (Å²) in [6.45, 7) is 1.79. The van der Waals surface area contributed by atoms with Crippen LogP contribution in [0, 0.1) is 6.92 Å². The largest absolute Gasteiger partial charge is 0.398 e. The Bertz CT molecular complexity index is 620. The van der Waals surface area contributed by atoms with Crippen molar-refractivity contribution < 1.29 is 13.2 Å². The van der Waals surface area contributed by atoms with Crippen LogP contribution in [0.15, 0.2) is 23.1 Å². The molecule has 0 spiro atoms. The van der Waals surface area contributed by atoms with Crippen molar-refractivity contribution in [3.63, 3.8) is 0 Å². The number of aryl methyl sites for hydroxylation is 1. The van der Waals surface area contributed by atoms with Crippen molar-refractivity contribution in [2.75, 3.05) is 11.5 Å². The number of carbonyl (C=O) groups is 1. The van der Waals surface area contributed by atoms with Gasteiger partial charge in [0, 0.05) is 6.04 Å². The molecular weight excluding hydrogens is 288 g/mol. The first-order valence-electron chi connectivity index (χ1n) is 7.27. The third-order valence-electron chi connectivity index (χ3n) is 3.80. The van der Waals surface area contributed by atoms with Gasteiger partial charge in [0.25, 0.3) is 0 Å². The highest BCUT2D eigenvalue weighted by atomic mass is 32.2. The maximum Gasteiger partial charge on any atom is 0.235 e. The third-order valence-corrected chi connectivity index (χ3v) is 5.46. The number of hydrogen-bond acceptors (Lipinski definition) is 4. The minimum atomic E-state index is -3.70. The number of rotatable bonds is 4. The first-order valence-corrected chi connectivity index (χ1v) is 8.92. The van der Waals surface area contributed by atoms with Gasteiger partial charge < -0.3 is 11.1 Å². The van der Waals surface area contributed by atoms with Gasteiger partial charge in [0.1, 0.15) is 5.75 Å². The van der Waals surface area contributed by atoms with E-state index in [4.69, 9.17) is 5.73 Å². The van der Waals surface area contributed by atoms with Gasteiger partial charge >= 0.3 is 0 Å². The Hall–Kier alpha value is -1.56. The van der Waals surface area contributed by atoms with Gasteiger partial charge in [-0.15, -0.1) is 0 Å². The van der Waals surface area contributed by atoms with Crippen LogP contribution in [-0.4, -0.2) is 26.1 Å². The Labute approximate surface area is 125 Å². The number of anilines is 1. The molecule has 0 bridgehead atoms. The van der Waals surface area contributed by atoms with E-state index in [1.165, 1.54) is 12.5 Å². The van der Waals surface area contributed by atoms with E-state index in [2.05, 4.69) is 5.32 Å². The summed E-state index contributed by atoms with van der Waals surface area (Å²) in [5, 5.41) is 2.82. The molecule has 1 aromatic carbocycles. The number of nitrogens with one attached hydrogen (secondary N) is 1. The van der Waals surface area contributed by atoms with Crippen LogP contribution < -0.4 is 11.1 Å². The molecule has 0 unspecified atom stereocenters. The van der Waals surface area contributed by atoms with Gasteiger partial charge in [0.15, 0.2) is 9.84 Å². The Morgan fingerprint density at radius 1 is 1.29 bits per heavy atom. The van der Waals surface area contributed by atoms with E-state index in [0.717, 1.165) is 31.2 Å². The van der Waals surface area contributed by atoms with Crippen LogP contribution in [0.4, 0.5) is 5.69 Å². The highest BCUT2D eigenvalue weighted by molar-refractivity contribution is 7.92. The molecule has 0 saturated heterocycles. The van der Waals surface area contributed by atoms with E-state index in [9.17, 15) is 13.2 Å². The molecule has 3 N–H and O–H groups in total. The average Bonchev–Trinajstić information content (AvgIpc) is 2.41. The molecular formula is C15H22N2O3S. The fraction of sp³-hybridized carbons (Fsp3) is 0.533. The first kappa shape index (κ1) is 15.8. The topological polar surface area (TPSA) is 89.3 Å². The molecule has 1 fully saturated rings. The monoisotopic (exact) mass is 310 g/mol. The van der Waals surface area contributed by atoms with Crippen molar-refractivity contribution in [2.24, 2.45) is 0 Å². The second-order valence-electron chi connectivity index (χ2n) is 5.70. The predicted molar refractivity (Wildman–Crippen MR) is 82.7 cm³/mol. The summed E-state index contributed by atoms with van der Waals surface area (Å²) in [5.74, 6) is -0.986. The van der Waals surface area contributed by atoms with E-state index in [1.807, 2.05) is 0 Å². The van der Waals surface area contributed by atoms with Crippen molar-refractivity contribution in [1.82, 2.24) is 5.32 Å². The summed E-state index contributed by atoms with van der Waals surface area (Å²) < 4.78 is 24.6. The van der Waals surface area contributed by atoms with Crippen LogP contribution >= 0.6 is 0 Å². The molecule has 0 aromatic heterocycles. The molecule has 5 nitrogen and oxygen atoms in total. The first-order chi connectivity index (χ1) is 9.88. The molecule has 21 heavy (non-hydrogen) atoms. The number of nitrogens with two attached hydrogens (primary N) is 1. The lowest BCUT2D eigenvalue weighted by Crippen LogP contribution is -2.39. The molecule has 1 aliphatic carbocycles. The van der Waals surface area contributed by atoms with E-state index >= 15 is 0 Å². The third kappa shape index (κ3) is 4.20. The Morgan fingerprint density at radius 2 is 1.95 bits per heavy atom. The maximum atomic E-state index is 12.3. The van der Waals surface area contributed by atoms with E-state index in [0.29, 0.717) is 0 Å². The number of benzene rings is 1. The highest BCUT2D eigenvalue weighted by Gasteiger charge is 2.24. The summed E-state index contributed by atoms with van der Waals surface area (Å²) in [6, 6.07) is 4.92. The minimum absolute atomic E-state index is 0.0429. The summed E-state index contributed by atoms with van der Waals surface area (Å²) >= 11 is 0. The molecule has 0 atom stereocenters. The van der Waals surface area contributed by atoms with Gasteiger partial charge in [-0.3, -0.25) is 4.79 Å². The molecule has 1 saturated carbocycles. The second-order valence-corrected chi connectivity index (χ2v) is 7.66. The van der Waals surface area contributed by atoms with Crippen molar-refractivity contribution in [3.05, 3.63) is 23.8 Å². The van der Waals surface area contributed by atoms with Gasteiger partial charge in [-0.2, -0.15) is 0 Å². The Balaban J connectivity index is 2.06. The van der Waals surface area contributed by atoms with Crippen LogP contribution in [0.2, 0.25) is 0 Å². The fourth-order valence-corrected chi connectivity index (χ4v) is 4.05. The van der Waals surface area contributed by atoms with E-state index in [1.54, 1.807) is 19.1 Å². The minimum Gasteiger partial charge on any atom is -0.398 e. The molecule has 0 heterocycles. The Morgan fingerprint density at radius 3 is 2.62 bits per heavy atom. The second kappa shape index (κ2) is 6.47. The number of nitrogen functional groups attached to an aromatic ring is 1. The van der Waals surface area contributed by atoms with Crippen LogP contribution in [0.5, 0.6) is 0 Å². The van der Waals surface area contributed by atoms with Crippen LogP contribution in [0.3, 0.4) is 0 Å². The quantitative estimate of drug-likeness (QED) is 0.830. The standard InChI is InChI=1S/C15H22N2O3S/c1-11-7-8-13(16)14(9-11)21(19,20)10-15(18)17-12-5-3-2-4-6-12/h7-9,12H,2-6,10,16H2,1H3,(H,17,18).